The molecule has 6 nitrogen and oxygen atoms in total. The van der Waals surface area contributed by atoms with E-state index in [2.05, 4.69) is 33.1 Å². The average molecular weight is 391 g/mol. The first kappa shape index (κ1) is 15.5. The normalized spacial score (nSPS) is 42.3. The molecular weight excluding hydrogens is 379 g/mol. The summed E-state index contributed by atoms with van der Waals surface area (Å²) in [5.41, 5.74) is 3.93. The van der Waals surface area contributed by atoms with Crippen molar-refractivity contribution in [1.29, 1.82) is 10.5 Å². The van der Waals surface area contributed by atoms with Crippen LogP contribution in [-0.2, 0) is 9.47 Å². The van der Waals surface area contributed by atoms with Gasteiger partial charge in [-0.25, -0.2) is 9.38 Å². The highest BCUT2D eigenvalue weighted by Crippen LogP contribution is 2.82. The molecule has 4 rings (SSSR count). The fourth-order valence-corrected chi connectivity index (χ4v) is 4.45. The molecule has 2 fully saturated rings. The molecule has 8 heteroatoms. The maximum atomic E-state index is 13.6. The molecule has 1 saturated heterocycles. The Labute approximate surface area is 145 Å². The Morgan fingerprint density at radius 2 is 2.17 bits per heavy atom. The van der Waals surface area contributed by atoms with E-state index < -0.39 is 28.5 Å². The summed E-state index contributed by atoms with van der Waals surface area (Å²) in [6.45, 7) is 2.05. The van der Waals surface area contributed by atoms with Gasteiger partial charge in [0.05, 0.1) is 29.3 Å². The number of ether oxygens (including phenoxy) is 2. The van der Waals surface area contributed by atoms with Gasteiger partial charge in [-0.1, -0.05) is 6.07 Å². The quantitative estimate of drug-likeness (QED) is 0.790. The Hall–Kier alpha value is -2.00. The van der Waals surface area contributed by atoms with Gasteiger partial charge < -0.3 is 15.2 Å². The largest absolute Gasteiger partial charge is 0.386 e. The van der Waals surface area contributed by atoms with Gasteiger partial charge in [-0.05, 0) is 40.5 Å². The summed E-state index contributed by atoms with van der Waals surface area (Å²) in [6.07, 6.45) is -0.275. The third kappa shape index (κ3) is 1.43. The standard InChI is InChI=1S/C16H12BrFN4O2/c1-8-5-23-16(24-8)15(7-20)12(14(15,6-19)13(21)22-16)9-2-3-11(18)10(17)4-9/h2-4,8,12H,5H2,1H3,(H2,21,22)/t8-,12+,14+,15+,16+/m0/s1. The Morgan fingerprint density at radius 1 is 1.42 bits per heavy atom. The van der Waals surface area contributed by atoms with Crippen molar-refractivity contribution in [2.24, 2.45) is 21.6 Å². The van der Waals surface area contributed by atoms with Crippen LogP contribution in [0, 0.1) is 39.3 Å². The Balaban J connectivity index is 1.92. The van der Waals surface area contributed by atoms with Crippen LogP contribution in [0.25, 0.3) is 0 Å². The van der Waals surface area contributed by atoms with E-state index in [4.69, 9.17) is 15.2 Å². The van der Waals surface area contributed by atoms with E-state index in [1.54, 1.807) is 19.1 Å². The first-order valence-electron chi connectivity index (χ1n) is 7.33. The Bertz CT molecular complexity index is 878. The van der Waals surface area contributed by atoms with E-state index in [9.17, 15) is 14.9 Å². The molecule has 122 valence electrons. The number of fused-ring (bicyclic) bond motifs is 2. The monoisotopic (exact) mass is 390 g/mol. The number of halogens is 2. The van der Waals surface area contributed by atoms with E-state index in [-0.39, 0.29) is 23.0 Å². The van der Waals surface area contributed by atoms with Crippen molar-refractivity contribution in [3.63, 3.8) is 0 Å². The second-order valence-electron chi connectivity index (χ2n) is 6.26. The molecule has 1 spiro atoms. The van der Waals surface area contributed by atoms with Crippen molar-refractivity contribution in [2.75, 3.05) is 6.61 Å². The highest BCUT2D eigenvalue weighted by atomic mass is 79.9. The molecule has 1 saturated carbocycles. The maximum absolute atomic E-state index is 13.6. The first-order valence-corrected chi connectivity index (χ1v) is 8.13. The molecule has 3 aliphatic rings. The third-order valence-corrected chi connectivity index (χ3v) is 5.69. The number of nitriles is 2. The minimum atomic E-state index is -1.59. The van der Waals surface area contributed by atoms with Gasteiger partial charge in [-0.3, -0.25) is 0 Å². The molecule has 0 amide bonds. The fourth-order valence-electron chi connectivity index (χ4n) is 4.05. The number of aliphatic imine (C=N–C) groups is 1. The highest BCUT2D eigenvalue weighted by Gasteiger charge is 2.94. The summed E-state index contributed by atoms with van der Waals surface area (Å²) in [7, 11) is 0. The van der Waals surface area contributed by atoms with Crippen molar-refractivity contribution >= 4 is 21.8 Å². The molecule has 0 aromatic heterocycles. The van der Waals surface area contributed by atoms with Gasteiger partial charge in [0, 0.05) is 5.92 Å². The zero-order valence-corrected chi connectivity index (χ0v) is 14.2. The fraction of sp³-hybridized carbons (Fsp3) is 0.438. The van der Waals surface area contributed by atoms with Gasteiger partial charge in [0.15, 0.2) is 5.41 Å². The number of hydrogen-bond donors (Lipinski definition) is 1. The summed E-state index contributed by atoms with van der Waals surface area (Å²) < 4.78 is 25.4. The molecule has 1 aliphatic carbocycles. The minimum absolute atomic E-state index is 0.0195. The summed E-state index contributed by atoms with van der Waals surface area (Å²) in [5.74, 6) is -2.61. The zero-order chi connectivity index (χ0) is 17.3. The van der Waals surface area contributed by atoms with Gasteiger partial charge in [0.25, 0.3) is 5.91 Å². The van der Waals surface area contributed by atoms with Crippen molar-refractivity contribution in [2.45, 2.75) is 24.9 Å². The lowest BCUT2D eigenvalue weighted by Gasteiger charge is -2.26. The lowest BCUT2D eigenvalue weighted by molar-refractivity contribution is -0.193. The maximum Gasteiger partial charge on any atom is 0.293 e. The van der Waals surface area contributed by atoms with Crippen LogP contribution in [0.15, 0.2) is 27.7 Å². The molecule has 2 N–H and O–H groups in total. The topological polar surface area (TPSA) is 104 Å². The van der Waals surface area contributed by atoms with E-state index in [1.807, 2.05) is 0 Å². The van der Waals surface area contributed by atoms with Crippen molar-refractivity contribution in [3.8, 4) is 12.1 Å². The van der Waals surface area contributed by atoms with Crippen LogP contribution in [-0.4, -0.2) is 24.5 Å². The summed E-state index contributed by atoms with van der Waals surface area (Å²) >= 11 is 3.14. The second kappa shape index (κ2) is 4.54. The third-order valence-electron chi connectivity index (χ3n) is 5.08. The molecular formula is C16H12BrFN4O2. The van der Waals surface area contributed by atoms with Crippen LogP contribution >= 0.6 is 15.9 Å². The molecule has 0 unspecified atom stereocenters. The van der Waals surface area contributed by atoms with Gasteiger partial charge in [0.1, 0.15) is 17.1 Å². The average Bonchev–Trinajstić information content (AvgIpc) is 2.95. The second-order valence-corrected chi connectivity index (χ2v) is 7.12. The molecule has 1 aromatic rings. The number of nitrogens with zero attached hydrogens (tertiary/aromatic N) is 3. The van der Waals surface area contributed by atoms with Crippen LogP contribution in [0.5, 0.6) is 0 Å². The number of rotatable bonds is 1. The Kier molecular flexibility index (Phi) is 2.94. The van der Waals surface area contributed by atoms with Gasteiger partial charge in [0.2, 0.25) is 0 Å². The molecule has 5 atom stereocenters. The Morgan fingerprint density at radius 3 is 2.71 bits per heavy atom. The number of amidine groups is 1. The van der Waals surface area contributed by atoms with Crippen molar-refractivity contribution in [3.05, 3.63) is 34.1 Å². The molecule has 1 aromatic carbocycles. The van der Waals surface area contributed by atoms with Crippen molar-refractivity contribution in [1.82, 2.24) is 0 Å². The van der Waals surface area contributed by atoms with Gasteiger partial charge in [-0.2, -0.15) is 10.5 Å². The number of nitrogens with two attached hydrogens (primary N) is 1. The molecule has 2 heterocycles. The molecule has 2 aliphatic heterocycles. The van der Waals surface area contributed by atoms with Crippen LogP contribution in [0.2, 0.25) is 0 Å². The van der Waals surface area contributed by atoms with Crippen LogP contribution in [0.1, 0.15) is 18.4 Å². The number of benzene rings is 1. The first-order chi connectivity index (χ1) is 11.4. The van der Waals surface area contributed by atoms with Gasteiger partial charge in [-0.15, -0.1) is 0 Å². The van der Waals surface area contributed by atoms with Crippen LogP contribution < -0.4 is 5.73 Å². The number of hydrogen-bond acceptors (Lipinski definition) is 6. The predicted octanol–water partition coefficient (Wildman–Crippen LogP) is 2.17. The lowest BCUT2D eigenvalue weighted by atomic mass is 9.94. The smallest absolute Gasteiger partial charge is 0.293 e. The van der Waals surface area contributed by atoms with Crippen LogP contribution in [0.3, 0.4) is 0 Å². The van der Waals surface area contributed by atoms with E-state index in [0.29, 0.717) is 5.56 Å². The van der Waals surface area contributed by atoms with Crippen LogP contribution in [0.4, 0.5) is 4.39 Å². The molecule has 0 bridgehead atoms. The van der Waals surface area contributed by atoms with E-state index in [1.165, 1.54) is 6.07 Å². The SMILES string of the molecule is C[C@H]1CO[C@@]2(N=C(N)[C@@]3(C#N)[C@@H](c4ccc(F)c(Br)c4)[C@@]23C#N)O1. The van der Waals surface area contributed by atoms with E-state index >= 15 is 0 Å². The summed E-state index contributed by atoms with van der Waals surface area (Å²) in [5, 5.41) is 19.8. The summed E-state index contributed by atoms with van der Waals surface area (Å²) in [4.78, 5) is 4.22. The summed E-state index contributed by atoms with van der Waals surface area (Å²) in [6, 6.07) is 8.73. The van der Waals surface area contributed by atoms with Gasteiger partial charge >= 0.3 is 0 Å². The predicted molar refractivity (Wildman–Crippen MR) is 83.8 cm³/mol. The lowest BCUT2D eigenvalue weighted by Crippen LogP contribution is -2.39. The highest BCUT2D eigenvalue weighted by molar-refractivity contribution is 9.10. The van der Waals surface area contributed by atoms with E-state index in [0.717, 1.165) is 0 Å². The molecule has 0 radical (unpaired) electrons. The zero-order valence-electron chi connectivity index (χ0n) is 12.6. The minimum Gasteiger partial charge on any atom is -0.386 e. The van der Waals surface area contributed by atoms with Crippen molar-refractivity contribution < 1.29 is 13.9 Å². The molecule has 24 heavy (non-hydrogen) atoms.